The van der Waals surface area contributed by atoms with E-state index in [1.165, 1.54) is 5.56 Å². The molecule has 0 atom stereocenters. The van der Waals surface area contributed by atoms with Gasteiger partial charge in [0.05, 0.1) is 6.42 Å². The summed E-state index contributed by atoms with van der Waals surface area (Å²) in [6, 6.07) is 24.5. The molecule has 0 unspecified atom stereocenters. The van der Waals surface area contributed by atoms with Crippen molar-refractivity contribution in [3.8, 4) is 0 Å². The van der Waals surface area contributed by atoms with Crippen molar-refractivity contribution in [1.82, 2.24) is 5.32 Å². The van der Waals surface area contributed by atoms with Gasteiger partial charge in [0.2, 0.25) is 5.91 Å². The highest BCUT2D eigenvalue weighted by molar-refractivity contribution is 6.04. The standard InChI is InChI=1S/C23H22N2O2/c1-17-10-12-18(13-11-17)15-22(26)24-16-19-6-5-7-20(14-19)23(27)25-21-8-3-2-4-9-21/h2-14H,15-16H2,1H3,(H,24,26)(H,25,27). The van der Waals surface area contributed by atoms with Crippen LogP contribution in [0.5, 0.6) is 0 Å². The molecule has 0 aliphatic rings. The van der Waals surface area contributed by atoms with Gasteiger partial charge in [-0.3, -0.25) is 9.59 Å². The van der Waals surface area contributed by atoms with Gasteiger partial charge in [0.1, 0.15) is 0 Å². The van der Waals surface area contributed by atoms with E-state index in [4.69, 9.17) is 0 Å². The Balaban J connectivity index is 1.56. The van der Waals surface area contributed by atoms with E-state index in [2.05, 4.69) is 10.6 Å². The van der Waals surface area contributed by atoms with Crippen LogP contribution in [0.1, 0.15) is 27.0 Å². The summed E-state index contributed by atoms with van der Waals surface area (Å²) in [6.07, 6.45) is 0.342. The monoisotopic (exact) mass is 358 g/mol. The smallest absolute Gasteiger partial charge is 0.255 e. The molecule has 0 radical (unpaired) electrons. The predicted molar refractivity (Wildman–Crippen MR) is 108 cm³/mol. The van der Waals surface area contributed by atoms with Gasteiger partial charge in [-0.25, -0.2) is 0 Å². The zero-order chi connectivity index (χ0) is 19.1. The molecular weight excluding hydrogens is 336 g/mol. The number of amides is 2. The molecule has 3 aromatic rings. The molecule has 0 saturated carbocycles. The van der Waals surface area contributed by atoms with Crippen molar-refractivity contribution in [2.24, 2.45) is 0 Å². The molecule has 0 aromatic heterocycles. The number of para-hydroxylation sites is 1. The number of carbonyl (C=O) groups is 2. The zero-order valence-electron chi connectivity index (χ0n) is 15.2. The van der Waals surface area contributed by atoms with Crippen molar-refractivity contribution in [2.45, 2.75) is 19.9 Å². The van der Waals surface area contributed by atoms with Crippen LogP contribution in [-0.4, -0.2) is 11.8 Å². The van der Waals surface area contributed by atoms with Gasteiger partial charge in [0.25, 0.3) is 5.91 Å². The first-order valence-corrected chi connectivity index (χ1v) is 8.88. The molecular formula is C23H22N2O2. The Morgan fingerprint density at radius 1 is 0.815 bits per heavy atom. The lowest BCUT2D eigenvalue weighted by atomic mass is 10.1. The van der Waals surface area contributed by atoms with E-state index in [-0.39, 0.29) is 11.8 Å². The average molecular weight is 358 g/mol. The van der Waals surface area contributed by atoms with Crippen LogP contribution in [0.4, 0.5) is 5.69 Å². The molecule has 0 fully saturated rings. The van der Waals surface area contributed by atoms with Crippen LogP contribution in [0.3, 0.4) is 0 Å². The Morgan fingerprint density at radius 3 is 2.30 bits per heavy atom. The molecule has 3 rings (SSSR count). The van der Waals surface area contributed by atoms with Crippen molar-refractivity contribution in [3.05, 3.63) is 101 Å². The molecule has 2 amide bonds. The Bertz CT molecular complexity index is 919. The first-order valence-electron chi connectivity index (χ1n) is 8.88. The summed E-state index contributed by atoms with van der Waals surface area (Å²) in [6.45, 7) is 2.40. The lowest BCUT2D eigenvalue weighted by Gasteiger charge is -2.09. The van der Waals surface area contributed by atoms with E-state index in [0.29, 0.717) is 18.5 Å². The average Bonchev–Trinajstić information content (AvgIpc) is 2.69. The lowest BCUT2D eigenvalue weighted by molar-refractivity contribution is -0.120. The van der Waals surface area contributed by atoms with E-state index < -0.39 is 0 Å². The number of benzene rings is 3. The zero-order valence-corrected chi connectivity index (χ0v) is 15.2. The van der Waals surface area contributed by atoms with Crippen molar-refractivity contribution >= 4 is 17.5 Å². The van der Waals surface area contributed by atoms with E-state index in [1.54, 1.807) is 12.1 Å². The number of aryl methyl sites for hydroxylation is 1. The lowest BCUT2D eigenvalue weighted by Crippen LogP contribution is -2.24. The maximum Gasteiger partial charge on any atom is 0.255 e. The van der Waals surface area contributed by atoms with Crippen LogP contribution < -0.4 is 10.6 Å². The van der Waals surface area contributed by atoms with Gasteiger partial charge >= 0.3 is 0 Å². The van der Waals surface area contributed by atoms with Crippen LogP contribution in [-0.2, 0) is 17.8 Å². The number of hydrogen-bond acceptors (Lipinski definition) is 2. The second-order valence-electron chi connectivity index (χ2n) is 6.46. The van der Waals surface area contributed by atoms with Crippen LogP contribution in [0.2, 0.25) is 0 Å². The van der Waals surface area contributed by atoms with Gasteiger partial charge in [-0.2, -0.15) is 0 Å². The molecule has 4 heteroatoms. The van der Waals surface area contributed by atoms with Crippen molar-refractivity contribution < 1.29 is 9.59 Å². The molecule has 136 valence electrons. The summed E-state index contributed by atoms with van der Waals surface area (Å²) in [7, 11) is 0. The number of carbonyl (C=O) groups excluding carboxylic acids is 2. The maximum absolute atomic E-state index is 12.4. The summed E-state index contributed by atoms with van der Waals surface area (Å²) >= 11 is 0. The molecule has 0 heterocycles. The molecule has 4 nitrogen and oxygen atoms in total. The first-order chi connectivity index (χ1) is 13.1. The fourth-order valence-electron chi connectivity index (χ4n) is 2.70. The van der Waals surface area contributed by atoms with Gasteiger partial charge < -0.3 is 10.6 Å². The third-order valence-electron chi connectivity index (χ3n) is 4.20. The third kappa shape index (κ3) is 5.54. The minimum Gasteiger partial charge on any atom is -0.352 e. The SMILES string of the molecule is Cc1ccc(CC(=O)NCc2cccc(C(=O)Nc3ccccc3)c2)cc1. The normalized spacial score (nSPS) is 10.3. The fourth-order valence-corrected chi connectivity index (χ4v) is 2.70. The Morgan fingerprint density at radius 2 is 1.56 bits per heavy atom. The first kappa shape index (κ1) is 18.4. The van der Waals surface area contributed by atoms with Crippen LogP contribution >= 0.6 is 0 Å². The Labute approximate surface area is 159 Å². The van der Waals surface area contributed by atoms with Gasteiger partial charge in [-0.15, -0.1) is 0 Å². The highest BCUT2D eigenvalue weighted by Gasteiger charge is 2.08. The number of hydrogen-bond donors (Lipinski definition) is 2. The molecule has 3 aromatic carbocycles. The number of rotatable bonds is 6. The second-order valence-corrected chi connectivity index (χ2v) is 6.46. The number of anilines is 1. The Kier molecular flexibility index (Phi) is 6.00. The molecule has 0 bridgehead atoms. The third-order valence-corrected chi connectivity index (χ3v) is 4.20. The van der Waals surface area contributed by atoms with E-state index >= 15 is 0 Å². The molecule has 0 aliphatic carbocycles. The minimum absolute atomic E-state index is 0.0435. The van der Waals surface area contributed by atoms with Crippen molar-refractivity contribution in [2.75, 3.05) is 5.32 Å². The highest BCUT2D eigenvalue weighted by Crippen LogP contribution is 2.11. The summed E-state index contributed by atoms with van der Waals surface area (Å²) in [5, 5.41) is 5.77. The van der Waals surface area contributed by atoms with Crippen LogP contribution in [0.25, 0.3) is 0 Å². The Hall–Kier alpha value is -3.40. The topological polar surface area (TPSA) is 58.2 Å². The summed E-state index contributed by atoms with van der Waals surface area (Å²) < 4.78 is 0. The molecule has 2 N–H and O–H groups in total. The van der Waals surface area contributed by atoms with Crippen LogP contribution in [0.15, 0.2) is 78.9 Å². The largest absolute Gasteiger partial charge is 0.352 e. The quantitative estimate of drug-likeness (QED) is 0.697. The van der Waals surface area contributed by atoms with Gasteiger partial charge in [0.15, 0.2) is 0 Å². The molecule has 0 spiro atoms. The van der Waals surface area contributed by atoms with Gasteiger partial charge in [-0.05, 0) is 42.3 Å². The minimum atomic E-state index is -0.172. The summed E-state index contributed by atoms with van der Waals surface area (Å²) in [5.74, 6) is -0.216. The van der Waals surface area contributed by atoms with Crippen molar-refractivity contribution in [1.29, 1.82) is 0 Å². The van der Waals surface area contributed by atoms with E-state index in [1.807, 2.05) is 73.7 Å². The van der Waals surface area contributed by atoms with Gasteiger partial charge in [0, 0.05) is 17.8 Å². The van der Waals surface area contributed by atoms with E-state index in [0.717, 1.165) is 16.8 Å². The van der Waals surface area contributed by atoms with Crippen molar-refractivity contribution in [3.63, 3.8) is 0 Å². The van der Waals surface area contributed by atoms with Crippen LogP contribution in [0, 0.1) is 6.92 Å². The second kappa shape index (κ2) is 8.81. The number of nitrogens with one attached hydrogen (secondary N) is 2. The molecule has 0 saturated heterocycles. The van der Waals surface area contributed by atoms with E-state index in [9.17, 15) is 9.59 Å². The fraction of sp³-hybridized carbons (Fsp3) is 0.130. The van der Waals surface area contributed by atoms with Gasteiger partial charge in [-0.1, -0.05) is 60.2 Å². The summed E-state index contributed by atoms with van der Waals surface area (Å²) in [4.78, 5) is 24.5. The summed E-state index contributed by atoms with van der Waals surface area (Å²) in [5.41, 5.74) is 4.34. The maximum atomic E-state index is 12.4. The molecule has 27 heavy (non-hydrogen) atoms. The predicted octanol–water partition coefficient (Wildman–Crippen LogP) is 4.11. The highest BCUT2D eigenvalue weighted by atomic mass is 16.2. The molecule has 0 aliphatic heterocycles.